The first-order valence-corrected chi connectivity index (χ1v) is 13.2. The van der Waals surface area contributed by atoms with Crippen LogP contribution in [0.3, 0.4) is 0 Å². The summed E-state index contributed by atoms with van der Waals surface area (Å²) < 4.78 is 33.4. The summed E-state index contributed by atoms with van der Waals surface area (Å²) in [6.07, 6.45) is 2.38. The zero-order valence-electron chi connectivity index (χ0n) is 19.6. The number of rotatable bonds is 7. The van der Waals surface area contributed by atoms with Gasteiger partial charge in [0.15, 0.2) is 0 Å². The minimum absolute atomic E-state index is 0.164. The summed E-state index contributed by atoms with van der Waals surface area (Å²) in [4.78, 5) is 27.1. The maximum atomic E-state index is 13.2. The molecule has 2 aromatic rings. The first-order valence-electron chi connectivity index (χ1n) is 11.7. The van der Waals surface area contributed by atoms with Crippen LogP contribution in [-0.4, -0.2) is 50.8 Å². The highest BCUT2D eigenvalue weighted by Crippen LogP contribution is 2.32. The fraction of sp³-hybridized carbons (Fsp3) is 0.440. The van der Waals surface area contributed by atoms with Crippen molar-refractivity contribution < 1.29 is 22.7 Å². The molecule has 1 saturated heterocycles. The molecule has 2 aliphatic rings. The van der Waals surface area contributed by atoms with E-state index in [-0.39, 0.29) is 29.7 Å². The topological polar surface area (TPSA) is 96.0 Å². The molecule has 2 aliphatic heterocycles. The van der Waals surface area contributed by atoms with Crippen LogP contribution in [0.4, 0.5) is 11.4 Å². The van der Waals surface area contributed by atoms with Crippen LogP contribution in [0.5, 0.6) is 5.75 Å². The Bertz CT molecular complexity index is 1170. The van der Waals surface area contributed by atoms with Gasteiger partial charge < -0.3 is 15.0 Å². The number of carbonyl (C=O) groups is 2. The smallest absolute Gasteiger partial charge is 0.244 e. The van der Waals surface area contributed by atoms with Gasteiger partial charge >= 0.3 is 0 Å². The number of para-hydroxylation sites is 2. The third-order valence-electron chi connectivity index (χ3n) is 6.39. The van der Waals surface area contributed by atoms with Gasteiger partial charge in [0.25, 0.3) is 0 Å². The molecule has 4 rings (SSSR count). The van der Waals surface area contributed by atoms with Crippen molar-refractivity contribution in [3.05, 3.63) is 48.0 Å². The van der Waals surface area contributed by atoms with Gasteiger partial charge in [-0.3, -0.25) is 9.59 Å². The fourth-order valence-corrected chi connectivity index (χ4v) is 5.95. The summed E-state index contributed by atoms with van der Waals surface area (Å²) in [6, 6.07) is 12.0. The van der Waals surface area contributed by atoms with Crippen molar-refractivity contribution in [3.8, 4) is 5.75 Å². The number of ether oxygens (including phenoxy) is 1. The SMILES string of the molecule is CCOc1ccccc1NC(=O)CN1C(=O)CCc2cc(S(=O)(=O)N3CCC(C)CC3)ccc21. The van der Waals surface area contributed by atoms with Crippen molar-refractivity contribution in [1.82, 2.24) is 4.31 Å². The van der Waals surface area contributed by atoms with Crippen molar-refractivity contribution in [3.63, 3.8) is 0 Å². The van der Waals surface area contributed by atoms with Gasteiger partial charge in [-0.05, 0) is 68.0 Å². The van der Waals surface area contributed by atoms with Gasteiger partial charge in [0, 0.05) is 25.2 Å². The Balaban J connectivity index is 1.52. The minimum Gasteiger partial charge on any atom is -0.492 e. The third-order valence-corrected chi connectivity index (χ3v) is 8.29. The van der Waals surface area contributed by atoms with Gasteiger partial charge in [0.2, 0.25) is 21.8 Å². The van der Waals surface area contributed by atoms with E-state index >= 15 is 0 Å². The number of sulfonamides is 1. The van der Waals surface area contributed by atoms with E-state index in [1.165, 1.54) is 4.90 Å². The molecule has 34 heavy (non-hydrogen) atoms. The summed E-state index contributed by atoms with van der Waals surface area (Å²) in [6.45, 7) is 5.35. The average molecular weight is 486 g/mol. The van der Waals surface area contributed by atoms with E-state index in [0.717, 1.165) is 18.4 Å². The van der Waals surface area contributed by atoms with Crippen LogP contribution < -0.4 is 15.0 Å². The highest BCUT2D eigenvalue weighted by atomic mass is 32.2. The molecule has 1 fully saturated rings. The largest absolute Gasteiger partial charge is 0.492 e. The Labute approximate surface area is 200 Å². The number of benzene rings is 2. The monoisotopic (exact) mass is 485 g/mol. The number of carbonyl (C=O) groups excluding carboxylic acids is 2. The molecule has 0 unspecified atom stereocenters. The Morgan fingerprint density at radius 2 is 1.85 bits per heavy atom. The number of hydrogen-bond donors (Lipinski definition) is 1. The van der Waals surface area contributed by atoms with Crippen molar-refractivity contribution in [2.24, 2.45) is 5.92 Å². The van der Waals surface area contributed by atoms with E-state index in [2.05, 4.69) is 12.2 Å². The van der Waals surface area contributed by atoms with Crippen LogP contribution in [0.25, 0.3) is 0 Å². The second-order valence-corrected chi connectivity index (χ2v) is 10.8. The van der Waals surface area contributed by atoms with Gasteiger partial charge in [0.05, 0.1) is 17.2 Å². The van der Waals surface area contributed by atoms with Crippen molar-refractivity contribution in [1.29, 1.82) is 0 Å². The molecule has 1 N–H and O–H groups in total. The lowest BCUT2D eigenvalue weighted by Gasteiger charge is -2.31. The maximum absolute atomic E-state index is 13.2. The number of anilines is 2. The Morgan fingerprint density at radius 3 is 2.59 bits per heavy atom. The molecule has 0 saturated carbocycles. The second kappa shape index (κ2) is 10.1. The van der Waals surface area contributed by atoms with Crippen molar-refractivity contribution in [2.45, 2.75) is 44.4 Å². The highest BCUT2D eigenvalue weighted by molar-refractivity contribution is 7.89. The molecule has 0 spiro atoms. The standard InChI is InChI=1S/C25H31N3O5S/c1-3-33-23-7-5-4-6-21(23)26-24(29)17-28-22-10-9-20(16-19(22)8-11-25(28)30)34(31,32)27-14-12-18(2)13-15-27/h4-7,9-10,16,18H,3,8,11-15,17H2,1-2H3,(H,26,29). The van der Waals surface area contributed by atoms with Gasteiger partial charge in [-0.2, -0.15) is 4.31 Å². The predicted octanol–water partition coefficient (Wildman–Crippen LogP) is 3.42. The van der Waals surface area contributed by atoms with Crippen LogP contribution >= 0.6 is 0 Å². The molecule has 2 aromatic carbocycles. The second-order valence-electron chi connectivity index (χ2n) is 8.83. The van der Waals surface area contributed by atoms with Crippen LogP contribution in [0, 0.1) is 5.92 Å². The summed E-state index contributed by atoms with van der Waals surface area (Å²) in [7, 11) is -3.59. The summed E-state index contributed by atoms with van der Waals surface area (Å²) in [5, 5.41) is 2.82. The molecule has 2 amide bonds. The number of fused-ring (bicyclic) bond motifs is 1. The van der Waals surface area contributed by atoms with E-state index < -0.39 is 10.0 Å². The number of nitrogens with one attached hydrogen (secondary N) is 1. The molecule has 8 nitrogen and oxygen atoms in total. The first kappa shape index (κ1) is 24.2. The lowest BCUT2D eigenvalue weighted by Crippen LogP contribution is -2.41. The van der Waals surface area contributed by atoms with Gasteiger partial charge in [0.1, 0.15) is 12.3 Å². The highest BCUT2D eigenvalue weighted by Gasteiger charge is 2.31. The predicted molar refractivity (Wildman–Crippen MR) is 131 cm³/mol. The Hall–Kier alpha value is -2.91. The number of nitrogens with zero attached hydrogens (tertiary/aromatic N) is 2. The Morgan fingerprint density at radius 1 is 1.12 bits per heavy atom. The van der Waals surface area contributed by atoms with Gasteiger partial charge in [-0.15, -0.1) is 0 Å². The molecule has 182 valence electrons. The lowest BCUT2D eigenvalue weighted by atomic mass is 10.0. The molecule has 0 radical (unpaired) electrons. The number of hydrogen-bond acceptors (Lipinski definition) is 5. The normalized spacial score (nSPS) is 17.4. The van der Waals surface area contributed by atoms with E-state index in [1.807, 2.05) is 13.0 Å². The summed E-state index contributed by atoms with van der Waals surface area (Å²) in [5.74, 6) is 0.570. The van der Waals surface area contributed by atoms with Crippen molar-refractivity contribution in [2.75, 3.05) is 36.5 Å². The maximum Gasteiger partial charge on any atom is 0.244 e. The average Bonchev–Trinajstić information content (AvgIpc) is 2.82. The molecular formula is C25H31N3O5S. The van der Waals surface area contributed by atoms with E-state index in [0.29, 0.717) is 49.2 Å². The quantitative estimate of drug-likeness (QED) is 0.648. The molecule has 2 heterocycles. The van der Waals surface area contributed by atoms with Gasteiger partial charge in [-0.1, -0.05) is 19.1 Å². The summed E-state index contributed by atoms with van der Waals surface area (Å²) >= 11 is 0. The van der Waals surface area contributed by atoms with Crippen LogP contribution in [0.2, 0.25) is 0 Å². The molecule has 0 aliphatic carbocycles. The Kier molecular flexibility index (Phi) is 7.23. The zero-order chi connectivity index (χ0) is 24.3. The minimum atomic E-state index is -3.59. The molecule has 0 bridgehead atoms. The molecular weight excluding hydrogens is 454 g/mol. The van der Waals surface area contributed by atoms with Crippen molar-refractivity contribution >= 4 is 33.2 Å². The molecule has 0 aromatic heterocycles. The van der Waals surface area contributed by atoms with E-state index in [1.54, 1.807) is 40.7 Å². The number of aryl methyl sites for hydroxylation is 1. The number of piperidine rings is 1. The van der Waals surface area contributed by atoms with Crippen LogP contribution in [0.1, 0.15) is 38.7 Å². The van der Waals surface area contributed by atoms with E-state index in [4.69, 9.17) is 4.74 Å². The fourth-order valence-electron chi connectivity index (χ4n) is 4.43. The van der Waals surface area contributed by atoms with Crippen LogP contribution in [-0.2, 0) is 26.0 Å². The third kappa shape index (κ3) is 5.10. The van der Waals surface area contributed by atoms with E-state index in [9.17, 15) is 18.0 Å². The zero-order valence-corrected chi connectivity index (χ0v) is 20.4. The van der Waals surface area contributed by atoms with Gasteiger partial charge in [-0.25, -0.2) is 8.42 Å². The van der Waals surface area contributed by atoms with Crippen LogP contribution in [0.15, 0.2) is 47.4 Å². The first-order chi connectivity index (χ1) is 16.3. The molecule has 9 heteroatoms. The summed E-state index contributed by atoms with van der Waals surface area (Å²) in [5.41, 5.74) is 1.88. The lowest BCUT2D eigenvalue weighted by molar-refractivity contribution is -0.121. The molecule has 0 atom stereocenters. The number of amides is 2.